The van der Waals surface area contributed by atoms with E-state index in [-0.39, 0.29) is 0 Å². The van der Waals surface area contributed by atoms with Crippen LogP contribution in [0.4, 0.5) is 17.5 Å². The molecule has 6 nitrogen and oxygen atoms in total. The molecule has 3 aromatic rings. The number of pyridine rings is 1. The van der Waals surface area contributed by atoms with E-state index in [0.29, 0.717) is 17.8 Å². The van der Waals surface area contributed by atoms with Gasteiger partial charge in [0.05, 0.1) is 17.4 Å². The van der Waals surface area contributed by atoms with Crippen LogP contribution in [0, 0.1) is 0 Å². The molecule has 128 valence electrons. The molecular weight excluding hydrogens is 312 g/mol. The van der Waals surface area contributed by atoms with Gasteiger partial charge in [-0.25, -0.2) is 0 Å². The molecule has 0 radical (unpaired) electrons. The number of fused-ring (bicyclic) bond motifs is 1. The highest BCUT2D eigenvalue weighted by Crippen LogP contribution is 2.26. The van der Waals surface area contributed by atoms with E-state index < -0.39 is 0 Å². The molecule has 1 atom stereocenters. The third-order valence-corrected chi connectivity index (χ3v) is 4.80. The van der Waals surface area contributed by atoms with Gasteiger partial charge in [-0.3, -0.25) is 4.98 Å². The SMILES string of the molecule is CCC1CCCCN1c1nncc(Nc2cccc3cccnc23)n1. The van der Waals surface area contributed by atoms with Gasteiger partial charge in [0.1, 0.15) is 0 Å². The van der Waals surface area contributed by atoms with Crippen molar-refractivity contribution in [1.29, 1.82) is 0 Å². The van der Waals surface area contributed by atoms with Gasteiger partial charge in [-0.2, -0.15) is 10.1 Å². The Balaban J connectivity index is 1.63. The summed E-state index contributed by atoms with van der Waals surface area (Å²) in [6.45, 7) is 3.22. The Bertz CT molecular complexity index is 860. The van der Waals surface area contributed by atoms with Crippen molar-refractivity contribution in [2.24, 2.45) is 0 Å². The monoisotopic (exact) mass is 334 g/mol. The average Bonchev–Trinajstić information content (AvgIpc) is 2.68. The van der Waals surface area contributed by atoms with Gasteiger partial charge in [-0.15, -0.1) is 5.10 Å². The quantitative estimate of drug-likeness (QED) is 0.780. The van der Waals surface area contributed by atoms with Crippen molar-refractivity contribution in [3.05, 3.63) is 42.7 Å². The molecule has 1 aromatic carbocycles. The number of anilines is 3. The van der Waals surface area contributed by atoms with Gasteiger partial charge in [0, 0.05) is 24.2 Å². The fraction of sp³-hybridized carbons (Fsp3) is 0.368. The molecule has 1 saturated heterocycles. The summed E-state index contributed by atoms with van der Waals surface area (Å²) in [6, 6.07) is 10.6. The highest BCUT2D eigenvalue weighted by atomic mass is 15.3. The maximum Gasteiger partial charge on any atom is 0.247 e. The molecule has 0 aliphatic carbocycles. The average molecular weight is 334 g/mol. The lowest BCUT2D eigenvalue weighted by atomic mass is 10.0. The molecule has 25 heavy (non-hydrogen) atoms. The first-order valence-electron chi connectivity index (χ1n) is 8.92. The third kappa shape index (κ3) is 3.24. The van der Waals surface area contributed by atoms with Gasteiger partial charge in [0.25, 0.3) is 0 Å². The summed E-state index contributed by atoms with van der Waals surface area (Å²) >= 11 is 0. The molecule has 2 aromatic heterocycles. The third-order valence-electron chi connectivity index (χ3n) is 4.80. The zero-order valence-corrected chi connectivity index (χ0v) is 14.4. The molecule has 1 aliphatic heterocycles. The standard InChI is InChI=1S/C19H22N6/c1-2-15-9-3-4-12-25(15)19-23-17(13-21-24-19)22-16-10-5-7-14-8-6-11-20-18(14)16/h5-8,10-11,13,15H,2-4,9,12H2,1H3,(H,22,23,24). The van der Waals surface area contributed by atoms with E-state index in [1.165, 1.54) is 19.3 Å². The predicted molar refractivity (Wildman–Crippen MR) is 100 cm³/mol. The molecule has 1 unspecified atom stereocenters. The highest BCUT2D eigenvalue weighted by Gasteiger charge is 2.23. The fourth-order valence-corrected chi connectivity index (χ4v) is 3.51. The number of rotatable bonds is 4. The first-order chi connectivity index (χ1) is 12.3. The topological polar surface area (TPSA) is 66.8 Å². The van der Waals surface area contributed by atoms with Crippen molar-refractivity contribution in [3.63, 3.8) is 0 Å². The van der Waals surface area contributed by atoms with Crippen molar-refractivity contribution in [2.75, 3.05) is 16.8 Å². The summed E-state index contributed by atoms with van der Waals surface area (Å²) in [5, 5.41) is 12.9. The van der Waals surface area contributed by atoms with Gasteiger partial charge >= 0.3 is 0 Å². The van der Waals surface area contributed by atoms with Crippen LogP contribution in [0.5, 0.6) is 0 Å². The summed E-state index contributed by atoms with van der Waals surface area (Å²) in [7, 11) is 0. The predicted octanol–water partition coefficient (Wildman–Crippen LogP) is 3.93. The van der Waals surface area contributed by atoms with Crippen molar-refractivity contribution in [2.45, 2.75) is 38.6 Å². The lowest BCUT2D eigenvalue weighted by Crippen LogP contribution is -2.40. The summed E-state index contributed by atoms with van der Waals surface area (Å²) in [5.41, 5.74) is 1.85. The number of benzene rings is 1. The minimum Gasteiger partial charge on any atom is -0.337 e. The number of aromatic nitrogens is 4. The van der Waals surface area contributed by atoms with E-state index in [1.807, 2.05) is 18.2 Å². The van der Waals surface area contributed by atoms with Crippen LogP contribution in [-0.4, -0.2) is 32.8 Å². The van der Waals surface area contributed by atoms with Gasteiger partial charge in [-0.05, 0) is 37.8 Å². The molecule has 1 N–H and O–H groups in total. The largest absolute Gasteiger partial charge is 0.337 e. The van der Waals surface area contributed by atoms with Gasteiger partial charge in [0.15, 0.2) is 5.82 Å². The van der Waals surface area contributed by atoms with Crippen LogP contribution in [-0.2, 0) is 0 Å². The smallest absolute Gasteiger partial charge is 0.247 e. The van der Waals surface area contributed by atoms with Crippen molar-refractivity contribution < 1.29 is 0 Å². The summed E-state index contributed by atoms with van der Waals surface area (Å²) in [5.74, 6) is 1.41. The maximum absolute atomic E-state index is 4.71. The van der Waals surface area contributed by atoms with Gasteiger partial charge < -0.3 is 10.2 Å². The number of nitrogens with one attached hydrogen (secondary N) is 1. The molecule has 3 heterocycles. The summed E-state index contributed by atoms with van der Waals surface area (Å²) < 4.78 is 0. The van der Waals surface area contributed by atoms with E-state index in [2.05, 4.69) is 44.5 Å². The molecular formula is C19H22N6. The first kappa shape index (κ1) is 15.7. The number of nitrogens with zero attached hydrogens (tertiary/aromatic N) is 5. The molecule has 0 saturated carbocycles. The van der Waals surface area contributed by atoms with Crippen LogP contribution in [0.3, 0.4) is 0 Å². The van der Waals surface area contributed by atoms with Crippen molar-refractivity contribution >= 4 is 28.4 Å². The van der Waals surface area contributed by atoms with Gasteiger partial charge in [-0.1, -0.05) is 25.1 Å². The Morgan fingerprint density at radius 2 is 2.12 bits per heavy atom. The Morgan fingerprint density at radius 3 is 3.04 bits per heavy atom. The Labute approximate surface area is 147 Å². The minimum atomic E-state index is 0.505. The number of hydrogen-bond donors (Lipinski definition) is 1. The summed E-state index contributed by atoms with van der Waals surface area (Å²) in [4.78, 5) is 11.5. The first-order valence-corrected chi connectivity index (χ1v) is 8.92. The van der Waals surface area contributed by atoms with E-state index in [1.54, 1.807) is 12.4 Å². The molecule has 1 fully saturated rings. The second-order valence-electron chi connectivity index (χ2n) is 6.40. The van der Waals surface area contributed by atoms with Crippen LogP contribution >= 0.6 is 0 Å². The van der Waals surface area contributed by atoms with E-state index in [0.717, 1.165) is 29.6 Å². The van der Waals surface area contributed by atoms with E-state index in [4.69, 9.17) is 4.98 Å². The highest BCUT2D eigenvalue weighted by molar-refractivity contribution is 5.91. The molecule has 6 heteroatoms. The lowest BCUT2D eigenvalue weighted by molar-refractivity contribution is 0.442. The van der Waals surface area contributed by atoms with Crippen molar-refractivity contribution in [3.8, 4) is 0 Å². The summed E-state index contributed by atoms with van der Waals surface area (Å²) in [6.07, 6.45) is 8.23. The zero-order chi connectivity index (χ0) is 17.1. The van der Waals surface area contributed by atoms with Crippen LogP contribution in [0.2, 0.25) is 0 Å². The fourth-order valence-electron chi connectivity index (χ4n) is 3.51. The molecule has 0 amide bonds. The maximum atomic E-state index is 4.71. The number of para-hydroxylation sites is 1. The molecule has 0 spiro atoms. The molecule has 4 rings (SSSR count). The second kappa shape index (κ2) is 7.01. The van der Waals surface area contributed by atoms with E-state index in [9.17, 15) is 0 Å². The van der Waals surface area contributed by atoms with Crippen LogP contribution < -0.4 is 10.2 Å². The Morgan fingerprint density at radius 1 is 1.20 bits per heavy atom. The number of piperidine rings is 1. The zero-order valence-electron chi connectivity index (χ0n) is 14.4. The van der Waals surface area contributed by atoms with Crippen molar-refractivity contribution in [1.82, 2.24) is 20.2 Å². The second-order valence-corrected chi connectivity index (χ2v) is 6.40. The lowest BCUT2D eigenvalue weighted by Gasteiger charge is -2.34. The number of hydrogen-bond acceptors (Lipinski definition) is 6. The minimum absolute atomic E-state index is 0.505. The molecule has 1 aliphatic rings. The normalized spacial score (nSPS) is 17.6. The van der Waals surface area contributed by atoms with E-state index >= 15 is 0 Å². The Kier molecular flexibility index (Phi) is 4.41. The van der Waals surface area contributed by atoms with Gasteiger partial charge in [0.2, 0.25) is 5.95 Å². The van der Waals surface area contributed by atoms with Crippen LogP contribution in [0.1, 0.15) is 32.6 Å². The molecule has 0 bridgehead atoms. The Hall–Kier alpha value is -2.76. The van der Waals surface area contributed by atoms with Crippen LogP contribution in [0.15, 0.2) is 42.7 Å². The van der Waals surface area contributed by atoms with Crippen LogP contribution in [0.25, 0.3) is 10.9 Å².